The second-order valence-electron chi connectivity index (χ2n) is 6.89. The molecule has 3 heterocycles. The van der Waals surface area contributed by atoms with Crippen molar-refractivity contribution in [2.24, 2.45) is 0 Å². The molecule has 1 unspecified atom stereocenters. The molecule has 0 saturated carbocycles. The van der Waals surface area contributed by atoms with Crippen LogP contribution in [0.15, 0.2) is 29.2 Å². The zero-order chi connectivity index (χ0) is 18.3. The maximum Gasteiger partial charge on any atom is 0.328 e. The number of amides is 1. The Morgan fingerprint density at radius 3 is 2.88 bits per heavy atom. The molecule has 0 spiro atoms. The Morgan fingerprint density at radius 2 is 2.08 bits per heavy atom. The average Bonchev–Trinajstić information content (AvgIpc) is 3.08. The smallest absolute Gasteiger partial charge is 0.328 e. The molecule has 0 bridgehead atoms. The molecule has 2 aromatic rings. The van der Waals surface area contributed by atoms with E-state index in [4.69, 9.17) is 4.74 Å². The summed E-state index contributed by atoms with van der Waals surface area (Å²) in [6.07, 6.45) is 4.81. The molecule has 1 aromatic heterocycles. The van der Waals surface area contributed by atoms with Crippen molar-refractivity contribution in [3.05, 3.63) is 45.7 Å². The Hall–Kier alpha value is -2.63. The number of esters is 1. The van der Waals surface area contributed by atoms with E-state index >= 15 is 0 Å². The predicted octanol–water partition coefficient (Wildman–Crippen LogP) is 2.12. The molecule has 2 aliphatic rings. The number of aromatic nitrogens is 1. The molecule has 26 heavy (non-hydrogen) atoms. The third kappa shape index (κ3) is 2.60. The third-order valence-electron chi connectivity index (χ3n) is 5.36. The molecule has 0 aliphatic carbocycles. The van der Waals surface area contributed by atoms with Crippen molar-refractivity contribution in [3.8, 4) is 0 Å². The molecular weight excluding hydrogens is 332 g/mol. The molecule has 136 valence electrons. The topological polar surface area (TPSA) is 68.6 Å². The van der Waals surface area contributed by atoms with E-state index in [0.29, 0.717) is 18.4 Å². The zero-order valence-corrected chi connectivity index (χ0v) is 14.9. The normalized spacial score (nSPS) is 19.0. The number of carbonyl (C=O) groups is 2. The quantitative estimate of drug-likeness (QED) is 0.792. The summed E-state index contributed by atoms with van der Waals surface area (Å²) in [5.41, 5.74) is 1.96. The standard InChI is InChI=1S/C20H22N2O4/c1-2-26-20(25)16-8-3-4-10-22(16)19(24)15-12-21-11-9-13-6-5-7-14(17(13)21)18(15)23/h5-7,12,16H,2-4,8-11H2,1H3. The average molecular weight is 354 g/mol. The monoisotopic (exact) mass is 354 g/mol. The van der Waals surface area contributed by atoms with Gasteiger partial charge in [-0.3, -0.25) is 9.59 Å². The summed E-state index contributed by atoms with van der Waals surface area (Å²) >= 11 is 0. The maximum absolute atomic E-state index is 13.2. The maximum atomic E-state index is 13.2. The lowest BCUT2D eigenvalue weighted by Gasteiger charge is -2.34. The van der Waals surface area contributed by atoms with Gasteiger partial charge >= 0.3 is 5.97 Å². The minimum Gasteiger partial charge on any atom is -0.464 e. The SMILES string of the molecule is CCOC(=O)C1CCCCN1C(=O)c1cn2c3c(cccc3c1=O)CC2. The highest BCUT2D eigenvalue weighted by Crippen LogP contribution is 2.25. The van der Waals surface area contributed by atoms with E-state index in [9.17, 15) is 14.4 Å². The fraction of sp³-hybridized carbons (Fsp3) is 0.450. The van der Waals surface area contributed by atoms with E-state index in [1.54, 1.807) is 19.2 Å². The van der Waals surface area contributed by atoms with E-state index in [1.165, 1.54) is 4.90 Å². The van der Waals surface area contributed by atoms with Gasteiger partial charge in [-0.15, -0.1) is 0 Å². The molecule has 1 amide bonds. The second-order valence-corrected chi connectivity index (χ2v) is 6.89. The van der Waals surface area contributed by atoms with Gasteiger partial charge in [0.05, 0.1) is 12.1 Å². The van der Waals surface area contributed by atoms with Gasteiger partial charge in [-0.2, -0.15) is 0 Å². The first-order valence-electron chi connectivity index (χ1n) is 9.24. The summed E-state index contributed by atoms with van der Waals surface area (Å²) in [6.45, 7) is 3.27. The van der Waals surface area contributed by atoms with Gasteiger partial charge in [-0.25, -0.2) is 4.79 Å². The predicted molar refractivity (Wildman–Crippen MR) is 97.2 cm³/mol. The first-order chi connectivity index (χ1) is 12.6. The Balaban J connectivity index is 1.76. The van der Waals surface area contributed by atoms with Crippen molar-refractivity contribution in [2.75, 3.05) is 13.2 Å². The molecule has 6 heteroatoms. The molecule has 1 saturated heterocycles. The lowest BCUT2D eigenvalue weighted by atomic mass is 10.0. The van der Waals surface area contributed by atoms with Crippen molar-refractivity contribution in [1.82, 2.24) is 9.47 Å². The Labute approximate surface area is 151 Å². The molecule has 0 radical (unpaired) electrons. The summed E-state index contributed by atoms with van der Waals surface area (Å²) in [5.74, 6) is -0.746. The van der Waals surface area contributed by atoms with Gasteiger partial charge in [0.1, 0.15) is 11.6 Å². The Bertz CT molecular complexity index is 947. The van der Waals surface area contributed by atoms with Crippen molar-refractivity contribution >= 4 is 22.8 Å². The number of benzene rings is 1. The first kappa shape index (κ1) is 16.8. The van der Waals surface area contributed by atoms with Crippen LogP contribution in [0.4, 0.5) is 0 Å². The van der Waals surface area contributed by atoms with Crippen LogP contribution in [-0.4, -0.2) is 40.5 Å². The largest absolute Gasteiger partial charge is 0.464 e. The zero-order valence-electron chi connectivity index (χ0n) is 14.9. The third-order valence-corrected chi connectivity index (χ3v) is 5.36. The van der Waals surface area contributed by atoms with Crippen LogP contribution in [0.3, 0.4) is 0 Å². The number of aryl methyl sites for hydroxylation is 2. The van der Waals surface area contributed by atoms with Crippen LogP contribution in [0, 0.1) is 0 Å². The Morgan fingerprint density at radius 1 is 1.23 bits per heavy atom. The van der Waals surface area contributed by atoms with Crippen LogP contribution >= 0.6 is 0 Å². The van der Waals surface area contributed by atoms with Crippen LogP contribution in [0.2, 0.25) is 0 Å². The number of hydrogen-bond donors (Lipinski definition) is 0. The van der Waals surface area contributed by atoms with Crippen LogP contribution < -0.4 is 5.43 Å². The molecule has 6 nitrogen and oxygen atoms in total. The summed E-state index contributed by atoms with van der Waals surface area (Å²) in [5, 5.41) is 0.579. The number of hydrogen-bond acceptors (Lipinski definition) is 4. The second kappa shape index (κ2) is 6.59. The molecule has 4 rings (SSSR count). The summed E-state index contributed by atoms with van der Waals surface area (Å²) in [6, 6.07) is 5.06. The highest BCUT2D eigenvalue weighted by molar-refractivity contribution is 6.00. The highest BCUT2D eigenvalue weighted by atomic mass is 16.5. The van der Waals surface area contributed by atoms with E-state index in [-0.39, 0.29) is 29.5 Å². The van der Waals surface area contributed by atoms with Crippen molar-refractivity contribution in [3.63, 3.8) is 0 Å². The number of pyridine rings is 1. The minimum atomic E-state index is -0.601. The summed E-state index contributed by atoms with van der Waals surface area (Å²) in [7, 11) is 0. The van der Waals surface area contributed by atoms with Gasteiger partial charge in [-0.1, -0.05) is 12.1 Å². The molecule has 2 aliphatic heterocycles. The Kier molecular flexibility index (Phi) is 4.26. The molecule has 1 atom stereocenters. The number of carbonyl (C=O) groups excluding carboxylic acids is 2. The number of nitrogens with zero attached hydrogens (tertiary/aromatic N) is 2. The number of likely N-dealkylation sites (tertiary alicyclic amines) is 1. The molecule has 0 N–H and O–H groups in total. The van der Waals surface area contributed by atoms with E-state index in [1.807, 2.05) is 16.7 Å². The minimum absolute atomic E-state index is 0.146. The van der Waals surface area contributed by atoms with Crippen LogP contribution in [0.1, 0.15) is 42.1 Å². The van der Waals surface area contributed by atoms with Gasteiger partial charge in [0, 0.05) is 24.7 Å². The molecular formula is C20H22N2O4. The number of ether oxygens (including phenoxy) is 1. The van der Waals surface area contributed by atoms with Gasteiger partial charge in [0.15, 0.2) is 0 Å². The van der Waals surface area contributed by atoms with Crippen molar-refractivity contribution < 1.29 is 14.3 Å². The van der Waals surface area contributed by atoms with E-state index in [0.717, 1.165) is 36.9 Å². The molecule has 1 fully saturated rings. The van der Waals surface area contributed by atoms with Crippen LogP contribution in [-0.2, 0) is 22.5 Å². The van der Waals surface area contributed by atoms with Crippen molar-refractivity contribution in [2.45, 2.75) is 45.2 Å². The van der Waals surface area contributed by atoms with E-state index in [2.05, 4.69) is 0 Å². The fourth-order valence-corrected chi connectivity index (χ4v) is 4.12. The summed E-state index contributed by atoms with van der Waals surface area (Å²) < 4.78 is 7.12. The first-order valence-corrected chi connectivity index (χ1v) is 9.24. The fourth-order valence-electron chi connectivity index (χ4n) is 4.12. The van der Waals surface area contributed by atoms with E-state index < -0.39 is 6.04 Å². The number of piperidine rings is 1. The molecule has 1 aromatic carbocycles. The van der Waals surface area contributed by atoms with Gasteiger partial charge < -0.3 is 14.2 Å². The lowest BCUT2D eigenvalue weighted by Crippen LogP contribution is -2.49. The van der Waals surface area contributed by atoms with Gasteiger partial charge in [0.25, 0.3) is 5.91 Å². The van der Waals surface area contributed by atoms with Gasteiger partial charge in [-0.05, 0) is 44.2 Å². The lowest BCUT2D eigenvalue weighted by molar-refractivity contribution is -0.149. The highest BCUT2D eigenvalue weighted by Gasteiger charge is 2.35. The van der Waals surface area contributed by atoms with Gasteiger partial charge in [0.2, 0.25) is 5.43 Å². The summed E-state index contributed by atoms with van der Waals surface area (Å²) in [4.78, 5) is 39.9. The number of rotatable bonds is 3. The van der Waals surface area contributed by atoms with Crippen molar-refractivity contribution in [1.29, 1.82) is 0 Å². The number of para-hydroxylation sites is 1. The van der Waals surface area contributed by atoms with Crippen LogP contribution in [0.5, 0.6) is 0 Å². The van der Waals surface area contributed by atoms with Crippen LogP contribution in [0.25, 0.3) is 10.9 Å².